The Labute approximate surface area is 129 Å². The molecule has 1 aromatic rings. The average Bonchev–Trinajstić information content (AvgIpc) is 2.56. The number of benzene rings is 1. The zero-order valence-electron chi connectivity index (χ0n) is 12.9. The minimum absolute atomic E-state index is 0.226. The van der Waals surface area contributed by atoms with Crippen molar-refractivity contribution < 1.29 is 9.09 Å². The number of rotatable bonds is 4. The van der Waals surface area contributed by atoms with Gasteiger partial charge in [0.15, 0.2) is 0 Å². The topological polar surface area (TPSA) is 26.3 Å². The first-order valence-electron chi connectivity index (χ1n) is 8.64. The van der Waals surface area contributed by atoms with E-state index < -0.39 is 8.03 Å². The molecule has 1 aromatic carbocycles. The van der Waals surface area contributed by atoms with Crippen LogP contribution in [0.5, 0.6) is 0 Å². The molecule has 2 aliphatic carbocycles. The first-order valence-corrected chi connectivity index (χ1v) is 9.96. The second-order valence-electron chi connectivity index (χ2n) is 6.59. The van der Waals surface area contributed by atoms with Gasteiger partial charge < -0.3 is 4.52 Å². The Morgan fingerprint density at radius 1 is 0.857 bits per heavy atom. The largest absolute Gasteiger partial charge is 0.324 e. The van der Waals surface area contributed by atoms with Crippen LogP contribution in [0.25, 0.3) is 0 Å². The van der Waals surface area contributed by atoms with Crippen LogP contribution in [0, 0.1) is 0 Å². The van der Waals surface area contributed by atoms with Crippen molar-refractivity contribution in [3.63, 3.8) is 0 Å². The minimum atomic E-state index is -2.09. The van der Waals surface area contributed by atoms with Crippen molar-refractivity contribution >= 4 is 13.3 Å². The number of hydrogen-bond donors (Lipinski definition) is 0. The summed E-state index contributed by atoms with van der Waals surface area (Å²) in [5, 5.41) is 1.000. The third-order valence-electron chi connectivity index (χ3n) is 5.05. The molecule has 0 heterocycles. The van der Waals surface area contributed by atoms with Crippen LogP contribution in [0.3, 0.4) is 0 Å². The lowest BCUT2D eigenvalue weighted by molar-refractivity contribution is 0.168. The molecule has 2 nitrogen and oxygen atoms in total. The van der Waals surface area contributed by atoms with Crippen LogP contribution in [0.4, 0.5) is 0 Å². The van der Waals surface area contributed by atoms with Gasteiger partial charge in [0, 0.05) is 5.30 Å². The summed E-state index contributed by atoms with van der Waals surface area (Å²) in [6.07, 6.45) is 12.6. The van der Waals surface area contributed by atoms with Crippen molar-refractivity contribution in [2.75, 3.05) is 0 Å². The molecule has 2 fully saturated rings. The van der Waals surface area contributed by atoms with Crippen molar-refractivity contribution in [3.05, 3.63) is 29.8 Å². The van der Waals surface area contributed by atoms with E-state index in [0.29, 0.717) is 5.92 Å². The second kappa shape index (κ2) is 7.61. The van der Waals surface area contributed by atoms with E-state index in [0.717, 1.165) is 18.1 Å². The molecule has 21 heavy (non-hydrogen) atoms. The van der Waals surface area contributed by atoms with Gasteiger partial charge in [0.05, 0.1) is 6.10 Å². The zero-order chi connectivity index (χ0) is 14.5. The van der Waals surface area contributed by atoms with Crippen molar-refractivity contribution in [3.8, 4) is 0 Å². The molecule has 3 heteroatoms. The summed E-state index contributed by atoms with van der Waals surface area (Å²) in [7, 11) is -2.09. The molecule has 2 saturated carbocycles. The van der Waals surface area contributed by atoms with Gasteiger partial charge in [-0.05, 0) is 43.2 Å². The molecule has 2 aliphatic rings. The van der Waals surface area contributed by atoms with Crippen LogP contribution >= 0.6 is 8.03 Å². The summed E-state index contributed by atoms with van der Waals surface area (Å²) < 4.78 is 18.7. The second-order valence-corrected chi connectivity index (χ2v) is 7.94. The first kappa shape index (κ1) is 15.3. The fourth-order valence-corrected chi connectivity index (χ4v) is 5.27. The Hall–Kier alpha value is -0.590. The minimum Gasteiger partial charge on any atom is -0.324 e. The van der Waals surface area contributed by atoms with Crippen molar-refractivity contribution in [2.45, 2.75) is 76.2 Å². The zero-order valence-corrected chi connectivity index (χ0v) is 13.9. The fraction of sp³-hybridized carbons (Fsp3) is 0.667. The van der Waals surface area contributed by atoms with Crippen LogP contribution in [-0.4, -0.2) is 6.10 Å². The Morgan fingerprint density at radius 2 is 1.48 bits per heavy atom. The predicted octanol–water partition coefficient (Wildman–Crippen LogP) is 5.18. The van der Waals surface area contributed by atoms with Crippen LogP contribution < -0.4 is 5.30 Å². The standard InChI is InChI=1S/C18H27O2P/c19-21(20-16-11-5-2-6-12-16)18-14-8-7-13-17(18)15-9-3-1-4-10-15/h7-8,13-16,21H,1-6,9-12H2. The molecule has 0 N–H and O–H groups in total. The molecule has 1 unspecified atom stereocenters. The van der Waals surface area contributed by atoms with Gasteiger partial charge in [-0.15, -0.1) is 0 Å². The van der Waals surface area contributed by atoms with E-state index in [2.05, 4.69) is 12.1 Å². The lowest BCUT2D eigenvalue weighted by Gasteiger charge is -2.26. The van der Waals surface area contributed by atoms with E-state index in [1.54, 1.807) is 0 Å². The molecular formula is C18H27O2P. The Morgan fingerprint density at radius 3 is 2.19 bits per heavy atom. The van der Waals surface area contributed by atoms with Gasteiger partial charge in [-0.2, -0.15) is 0 Å². The first-order chi connectivity index (χ1) is 10.3. The Bertz CT molecular complexity index is 474. The molecule has 0 spiro atoms. The highest BCUT2D eigenvalue weighted by Gasteiger charge is 2.23. The van der Waals surface area contributed by atoms with Crippen LogP contribution in [0.2, 0.25) is 0 Å². The van der Waals surface area contributed by atoms with Gasteiger partial charge in [0.25, 0.3) is 0 Å². The monoisotopic (exact) mass is 306 g/mol. The Balaban J connectivity index is 1.72. The summed E-state index contributed by atoms with van der Waals surface area (Å²) in [5.74, 6) is 0.596. The fourth-order valence-electron chi connectivity index (χ4n) is 3.85. The van der Waals surface area contributed by atoms with E-state index in [1.807, 2.05) is 12.1 Å². The van der Waals surface area contributed by atoms with Gasteiger partial charge in [0.1, 0.15) is 0 Å². The van der Waals surface area contributed by atoms with Gasteiger partial charge in [-0.1, -0.05) is 56.7 Å². The summed E-state index contributed by atoms with van der Waals surface area (Å²) in [4.78, 5) is 0. The highest BCUT2D eigenvalue weighted by molar-refractivity contribution is 7.48. The van der Waals surface area contributed by atoms with E-state index in [9.17, 15) is 4.57 Å². The van der Waals surface area contributed by atoms with Gasteiger partial charge in [-0.25, -0.2) is 0 Å². The summed E-state index contributed by atoms with van der Waals surface area (Å²) >= 11 is 0. The van der Waals surface area contributed by atoms with Crippen LogP contribution in [0.1, 0.15) is 75.7 Å². The van der Waals surface area contributed by atoms with Gasteiger partial charge >= 0.3 is 0 Å². The maximum Gasteiger partial charge on any atom is 0.221 e. The molecule has 0 radical (unpaired) electrons. The third kappa shape index (κ3) is 3.99. The number of hydrogen-bond acceptors (Lipinski definition) is 2. The van der Waals surface area contributed by atoms with Crippen molar-refractivity contribution in [2.24, 2.45) is 0 Å². The van der Waals surface area contributed by atoms with E-state index >= 15 is 0 Å². The normalized spacial score (nSPS) is 23.0. The maximum atomic E-state index is 12.7. The predicted molar refractivity (Wildman–Crippen MR) is 88.9 cm³/mol. The van der Waals surface area contributed by atoms with E-state index in [4.69, 9.17) is 4.52 Å². The highest BCUT2D eigenvalue weighted by Crippen LogP contribution is 2.37. The molecule has 0 amide bonds. The van der Waals surface area contributed by atoms with E-state index in [1.165, 1.54) is 56.9 Å². The third-order valence-corrected chi connectivity index (χ3v) is 6.49. The smallest absolute Gasteiger partial charge is 0.221 e. The molecule has 3 rings (SSSR count). The SMILES string of the molecule is O=[PH](OC1CCCCC1)c1ccccc1C1CCCCC1. The summed E-state index contributed by atoms with van der Waals surface area (Å²) in [6.45, 7) is 0. The molecule has 0 bridgehead atoms. The summed E-state index contributed by atoms with van der Waals surface area (Å²) in [5.41, 5.74) is 1.30. The Kier molecular flexibility index (Phi) is 5.55. The quantitative estimate of drug-likeness (QED) is 0.716. The van der Waals surface area contributed by atoms with Crippen LogP contribution in [0.15, 0.2) is 24.3 Å². The van der Waals surface area contributed by atoms with Gasteiger partial charge in [-0.3, -0.25) is 4.57 Å². The molecule has 0 saturated heterocycles. The van der Waals surface area contributed by atoms with Crippen molar-refractivity contribution in [1.29, 1.82) is 0 Å². The van der Waals surface area contributed by atoms with Gasteiger partial charge in [0.2, 0.25) is 8.03 Å². The van der Waals surface area contributed by atoms with E-state index in [-0.39, 0.29) is 6.10 Å². The van der Waals surface area contributed by atoms with Crippen molar-refractivity contribution in [1.82, 2.24) is 0 Å². The maximum absolute atomic E-state index is 12.7. The summed E-state index contributed by atoms with van der Waals surface area (Å²) in [6, 6.07) is 8.31. The molecular weight excluding hydrogens is 279 g/mol. The van der Waals surface area contributed by atoms with Crippen LogP contribution in [-0.2, 0) is 9.09 Å². The molecule has 116 valence electrons. The lowest BCUT2D eigenvalue weighted by atomic mass is 9.84. The lowest BCUT2D eigenvalue weighted by Crippen LogP contribution is -2.18. The molecule has 0 aliphatic heterocycles. The molecule has 0 aromatic heterocycles. The highest BCUT2D eigenvalue weighted by atomic mass is 31.1. The average molecular weight is 306 g/mol. The molecule has 1 atom stereocenters.